The van der Waals surface area contributed by atoms with E-state index in [1.54, 1.807) is 0 Å². The van der Waals surface area contributed by atoms with E-state index in [0.29, 0.717) is 0 Å². The molecule has 1 aromatic heterocycles. The highest BCUT2D eigenvalue weighted by molar-refractivity contribution is 8.03. The summed E-state index contributed by atoms with van der Waals surface area (Å²) in [6, 6.07) is 8.72. The van der Waals surface area contributed by atoms with Crippen LogP contribution in [0.5, 0.6) is 0 Å². The van der Waals surface area contributed by atoms with E-state index in [4.69, 9.17) is 0 Å². The van der Waals surface area contributed by atoms with Gasteiger partial charge in [0.25, 0.3) is 5.82 Å². The number of thioether (sulfide) groups is 1. The summed E-state index contributed by atoms with van der Waals surface area (Å²) in [6.45, 7) is 6.70. The molecule has 146 valence electrons. The summed E-state index contributed by atoms with van der Waals surface area (Å²) in [5.41, 5.74) is 2.61. The summed E-state index contributed by atoms with van der Waals surface area (Å²) in [5.74, 6) is 2.47. The van der Waals surface area contributed by atoms with Crippen LogP contribution in [0, 0.1) is 0 Å². The largest absolute Gasteiger partial charge is 0.366 e. The van der Waals surface area contributed by atoms with Crippen molar-refractivity contribution in [1.29, 1.82) is 0 Å². The summed E-state index contributed by atoms with van der Waals surface area (Å²) < 4.78 is 5.79. The lowest BCUT2D eigenvalue weighted by molar-refractivity contribution is -0.870. The van der Waals surface area contributed by atoms with Crippen molar-refractivity contribution in [3.8, 4) is 0 Å². The maximum absolute atomic E-state index is 2.47. The Morgan fingerprint density at radius 3 is 2.74 bits per heavy atom. The minimum absolute atomic E-state index is 1.01. The van der Waals surface area contributed by atoms with Crippen molar-refractivity contribution < 1.29 is 9.05 Å². The Bertz CT molecular complexity index is 842. The van der Waals surface area contributed by atoms with Crippen LogP contribution in [0.15, 0.2) is 41.4 Å². The second-order valence-electron chi connectivity index (χ2n) is 8.22. The molecule has 0 bridgehead atoms. The first-order chi connectivity index (χ1) is 12.9. The Morgan fingerprint density at radius 1 is 1.22 bits per heavy atom. The standard InChI is InChI=1S/C22H34N4S/c1-6-24-16-18-27-22(24)14-9-13-21-23(2)19-11-7-8-12-20(19)25(21)15-10-17-26(3,4)5/h7-9,11-14H,6,10,15-18H2,1-5H3/q+2. The highest BCUT2D eigenvalue weighted by Crippen LogP contribution is 2.27. The third-order valence-corrected chi connectivity index (χ3v) is 6.23. The number of hydrogen-bond donors (Lipinski definition) is 0. The summed E-state index contributed by atoms with van der Waals surface area (Å²) in [5, 5.41) is 1.39. The molecule has 4 nitrogen and oxygen atoms in total. The SMILES string of the molecule is CCN1CCSC1=CC=Cc1n(CCC[N+](C)(C)C)c2ccccc2[n+]1C. The number of para-hydroxylation sites is 2. The first kappa shape index (κ1) is 20.0. The van der Waals surface area contributed by atoms with Crippen LogP contribution >= 0.6 is 11.8 Å². The fraction of sp³-hybridized carbons (Fsp3) is 0.500. The molecule has 1 aromatic carbocycles. The molecule has 0 saturated carbocycles. The lowest BCUT2D eigenvalue weighted by atomic mass is 10.3. The monoisotopic (exact) mass is 386 g/mol. The Labute approximate surface area is 168 Å². The molecule has 0 radical (unpaired) electrons. The van der Waals surface area contributed by atoms with Crippen LogP contribution in [0.2, 0.25) is 0 Å². The van der Waals surface area contributed by atoms with E-state index in [0.717, 1.165) is 17.6 Å². The molecule has 1 aliphatic heterocycles. The van der Waals surface area contributed by atoms with Gasteiger partial charge in [-0.15, -0.1) is 11.8 Å². The molecule has 0 unspecified atom stereocenters. The van der Waals surface area contributed by atoms with Crippen molar-refractivity contribution in [2.24, 2.45) is 7.05 Å². The van der Waals surface area contributed by atoms with Gasteiger partial charge in [-0.3, -0.25) is 0 Å². The topological polar surface area (TPSA) is 12.1 Å². The minimum Gasteiger partial charge on any atom is -0.366 e. The molecular formula is C22H34N4S+2. The highest BCUT2D eigenvalue weighted by atomic mass is 32.2. The van der Waals surface area contributed by atoms with E-state index < -0.39 is 0 Å². The zero-order valence-electron chi connectivity index (χ0n) is 17.5. The Kier molecular flexibility index (Phi) is 6.33. The number of hydrogen-bond acceptors (Lipinski definition) is 2. The van der Waals surface area contributed by atoms with Crippen LogP contribution in [0.4, 0.5) is 0 Å². The zero-order chi connectivity index (χ0) is 19.4. The summed E-state index contributed by atoms with van der Waals surface area (Å²) in [7, 11) is 8.96. The molecule has 1 aliphatic rings. The Hall–Kier alpha value is -1.72. The lowest BCUT2D eigenvalue weighted by Crippen LogP contribution is -2.36. The maximum atomic E-state index is 2.47. The lowest BCUT2D eigenvalue weighted by Gasteiger charge is -2.23. The zero-order valence-corrected chi connectivity index (χ0v) is 18.3. The van der Waals surface area contributed by atoms with Crippen molar-refractivity contribution in [3.63, 3.8) is 0 Å². The van der Waals surface area contributed by atoms with Crippen molar-refractivity contribution in [2.45, 2.75) is 19.9 Å². The third kappa shape index (κ3) is 4.77. The van der Waals surface area contributed by atoms with Gasteiger partial charge in [-0.2, -0.15) is 0 Å². The normalized spacial score (nSPS) is 17.1. The minimum atomic E-state index is 1.01. The molecule has 3 rings (SSSR count). The quantitative estimate of drug-likeness (QED) is 0.533. The van der Waals surface area contributed by atoms with E-state index in [1.807, 2.05) is 11.8 Å². The fourth-order valence-corrected chi connectivity index (χ4v) is 4.79. The molecule has 27 heavy (non-hydrogen) atoms. The van der Waals surface area contributed by atoms with Crippen LogP contribution in [0.3, 0.4) is 0 Å². The van der Waals surface area contributed by atoms with Gasteiger partial charge in [-0.1, -0.05) is 18.2 Å². The third-order valence-electron chi connectivity index (χ3n) is 5.15. The molecule has 0 N–H and O–H groups in total. The molecule has 5 heteroatoms. The average molecular weight is 387 g/mol. The van der Waals surface area contributed by atoms with Crippen LogP contribution in [0.1, 0.15) is 19.2 Å². The maximum Gasteiger partial charge on any atom is 0.282 e. The first-order valence-electron chi connectivity index (χ1n) is 9.94. The summed E-state index contributed by atoms with van der Waals surface area (Å²) in [4.78, 5) is 2.45. The predicted molar refractivity (Wildman–Crippen MR) is 117 cm³/mol. The van der Waals surface area contributed by atoms with Crippen LogP contribution in [0.25, 0.3) is 17.1 Å². The second-order valence-corrected chi connectivity index (χ2v) is 9.33. The number of quaternary nitrogens is 1. The summed E-state index contributed by atoms with van der Waals surface area (Å²) in [6.07, 6.45) is 7.94. The van der Waals surface area contributed by atoms with E-state index in [1.165, 1.54) is 47.2 Å². The fourth-order valence-electron chi connectivity index (χ4n) is 3.69. The van der Waals surface area contributed by atoms with Crippen molar-refractivity contribution in [2.75, 3.05) is 46.5 Å². The second kappa shape index (κ2) is 8.53. The smallest absolute Gasteiger partial charge is 0.282 e. The predicted octanol–water partition coefficient (Wildman–Crippen LogP) is 3.49. The average Bonchev–Trinajstić information content (AvgIpc) is 3.18. The van der Waals surface area contributed by atoms with Crippen molar-refractivity contribution in [3.05, 3.63) is 47.3 Å². The van der Waals surface area contributed by atoms with Crippen LogP contribution in [-0.2, 0) is 13.6 Å². The molecular weight excluding hydrogens is 352 g/mol. The Balaban J connectivity index is 1.89. The number of imidazole rings is 1. The van der Waals surface area contributed by atoms with Gasteiger partial charge in [-0.25, -0.2) is 9.13 Å². The Morgan fingerprint density at radius 2 is 2.00 bits per heavy atom. The van der Waals surface area contributed by atoms with Gasteiger partial charge in [0.15, 0.2) is 11.0 Å². The molecule has 0 atom stereocenters. The van der Waals surface area contributed by atoms with Gasteiger partial charge in [0.05, 0.1) is 46.3 Å². The van der Waals surface area contributed by atoms with E-state index in [9.17, 15) is 0 Å². The number of fused-ring (bicyclic) bond motifs is 1. The summed E-state index contributed by atoms with van der Waals surface area (Å²) >= 11 is 1.96. The number of aromatic nitrogens is 2. The molecule has 0 amide bonds. The van der Waals surface area contributed by atoms with Crippen molar-refractivity contribution in [1.82, 2.24) is 9.47 Å². The van der Waals surface area contributed by atoms with E-state index in [2.05, 4.69) is 91.6 Å². The molecule has 1 fully saturated rings. The van der Waals surface area contributed by atoms with Gasteiger partial charge >= 0.3 is 0 Å². The first-order valence-corrected chi connectivity index (χ1v) is 10.9. The molecule has 1 saturated heterocycles. The molecule has 0 spiro atoms. The van der Waals surface area contributed by atoms with Gasteiger partial charge in [0.1, 0.15) is 0 Å². The van der Waals surface area contributed by atoms with Gasteiger partial charge < -0.3 is 9.38 Å². The van der Waals surface area contributed by atoms with Gasteiger partial charge in [0, 0.05) is 31.3 Å². The van der Waals surface area contributed by atoms with Crippen LogP contribution in [-0.4, -0.2) is 60.5 Å². The highest BCUT2D eigenvalue weighted by Gasteiger charge is 2.21. The number of benzene rings is 1. The molecule has 2 heterocycles. The number of nitrogens with zero attached hydrogens (tertiary/aromatic N) is 4. The molecule has 2 aromatic rings. The van der Waals surface area contributed by atoms with Gasteiger partial charge in [-0.05, 0) is 25.1 Å². The molecule has 0 aliphatic carbocycles. The van der Waals surface area contributed by atoms with Gasteiger partial charge in [0.2, 0.25) is 0 Å². The van der Waals surface area contributed by atoms with E-state index in [-0.39, 0.29) is 0 Å². The van der Waals surface area contributed by atoms with E-state index >= 15 is 0 Å². The van der Waals surface area contributed by atoms with Crippen molar-refractivity contribution >= 4 is 28.9 Å². The number of rotatable bonds is 7. The van der Waals surface area contributed by atoms with Crippen LogP contribution < -0.4 is 4.57 Å². The number of allylic oxidation sites excluding steroid dienone is 2. The number of aryl methyl sites for hydroxylation is 2.